The molecular formula is C20H15F6NO3. The van der Waals surface area contributed by atoms with E-state index < -0.39 is 52.8 Å². The second-order valence-corrected chi connectivity index (χ2v) is 6.92. The van der Waals surface area contributed by atoms with Gasteiger partial charge in [-0.2, -0.15) is 26.3 Å². The van der Waals surface area contributed by atoms with Gasteiger partial charge in [0.15, 0.2) is 5.78 Å². The molecule has 4 nitrogen and oxygen atoms in total. The van der Waals surface area contributed by atoms with Crippen LogP contribution in [-0.4, -0.2) is 28.9 Å². The summed E-state index contributed by atoms with van der Waals surface area (Å²) in [6.07, 6.45) is -11.4. The van der Waals surface area contributed by atoms with Crippen LogP contribution in [0.1, 0.15) is 23.1 Å². The number of alkyl halides is 6. The number of aliphatic hydroxyl groups is 1. The van der Waals surface area contributed by atoms with Gasteiger partial charge >= 0.3 is 12.4 Å². The number of halogens is 6. The van der Waals surface area contributed by atoms with Gasteiger partial charge in [-0.15, -0.1) is 0 Å². The number of rotatable bonds is 4. The fourth-order valence-electron chi connectivity index (χ4n) is 3.27. The molecule has 0 saturated carbocycles. The minimum Gasteiger partial charge on any atom is -0.373 e. The molecule has 1 heterocycles. The van der Waals surface area contributed by atoms with Crippen LogP contribution in [0.5, 0.6) is 0 Å². The molecule has 2 aromatic rings. The molecule has 1 saturated heterocycles. The summed E-state index contributed by atoms with van der Waals surface area (Å²) >= 11 is 0. The Morgan fingerprint density at radius 1 is 0.967 bits per heavy atom. The summed E-state index contributed by atoms with van der Waals surface area (Å²) in [4.78, 5) is 26.3. The molecule has 0 radical (unpaired) electrons. The van der Waals surface area contributed by atoms with Gasteiger partial charge in [0.25, 0.3) is 5.91 Å². The third kappa shape index (κ3) is 4.18. The molecule has 160 valence electrons. The van der Waals surface area contributed by atoms with Gasteiger partial charge in [-0.05, 0) is 35.9 Å². The number of hydrogen-bond donors (Lipinski definition) is 1. The van der Waals surface area contributed by atoms with E-state index in [1.54, 1.807) is 30.3 Å². The second kappa shape index (κ2) is 7.42. The third-order valence-corrected chi connectivity index (χ3v) is 4.84. The number of para-hydroxylation sites is 1. The summed E-state index contributed by atoms with van der Waals surface area (Å²) in [5.74, 6) is -2.14. The minimum atomic E-state index is -5.07. The molecule has 0 aromatic heterocycles. The smallest absolute Gasteiger partial charge is 0.373 e. The zero-order valence-corrected chi connectivity index (χ0v) is 15.2. The lowest BCUT2D eigenvalue weighted by Gasteiger charge is -2.22. The normalized spacial score (nSPS) is 20.0. The zero-order chi connectivity index (χ0) is 22.3. The largest absolute Gasteiger partial charge is 0.416 e. The Labute approximate surface area is 166 Å². The summed E-state index contributed by atoms with van der Waals surface area (Å²) in [7, 11) is 0. The van der Waals surface area contributed by atoms with Crippen LogP contribution < -0.4 is 4.90 Å². The second-order valence-electron chi connectivity index (χ2n) is 6.92. The van der Waals surface area contributed by atoms with Gasteiger partial charge in [0.1, 0.15) is 0 Å². The van der Waals surface area contributed by atoms with Gasteiger partial charge in [0.05, 0.1) is 11.1 Å². The van der Waals surface area contributed by atoms with Crippen molar-refractivity contribution < 1.29 is 41.0 Å². The molecule has 0 spiro atoms. The molecule has 1 aliphatic rings. The van der Waals surface area contributed by atoms with Crippen molar-refractivity contribution in [2.75, 3.05) is 11.4 Å². The van der Waals surface area contributed by atoms with E-state index in [0.29, 0.717) is 17.8 Å². The van der Waals surface area contributed by atoms with Crippen molar-refractivity contribution in [1.82, 2.24) is 0 Å². The highest BCUT2D eigenvalue weighted by molar-refractivity contribution is 6.17. The van der Waals surface area contributed by atoms with E-state index in [2.05, 4.69) is 0 Å². The maximum absolute atomic E-state index is 13.0. The third-order valence-electron chi connectivity index (χ3n) is 4.84. The molecule has 1 amide bonds. The number of amides is 1. The van der Waals surface area contributed by atoms with Gasteiger partial charge in [0, 0.05) is 25.1 Å². The first-order chi connectivity index (χ1) is 13.8. The Morgan fingerprint density at radius 2 is 1.50 bits per heavy atom. The highest BCUT2D eigenvalue weighted by Gasteiger charge is 2.51. The van der Waals surface area contributed by atoms with E-state index in [0.717, 1.165) is 4.90 Å². The maximum Gasteiger partial charge on any atom is 0.416 e. The number of carbonyl (C=O) groups excluding carboxylic acids is 2. The highest BCUT2D eigenvalue weighted by atomic mass is 19.4. The Kier molecular flexibility index (Phi) is 5.40. The molecular weight excluding hydrogens is 416 g/mol. The van der Waals surface area contributed by atoms with Gasteiger partial charge < -0.3 is 10.0 Å². The molecule has 10 heteroatoms. The lowest BCUT2D eigenvalue weighted by atomic mass is 9.90. The maximum atomic E-state index is 13.0. The van der Waals surface area contributed by atoms with Crippen LogP contribution in [0.15, 0.2) is 48.5 Å². The van der Waals surface area contributed by atoms with E-state index in [1.165, 1.54) is 0 Å². The van der Waals surface area contributed by atoms with Crippen molar-refractivity contribution in [2.45, 2.75) is 30.8 Å². The van der Waals surface area contributed by atoms with E-state index in [-0.39, 0.29) is 19.0 Å². The summed E-state index contributed by atoms with van der Waals surface area (Å²) in [5.41, 5.74) is -5.86. The molecule has 2 aromatic carbocycles. The number of nitrogens with zero attached hydrogens (tertiary/aromatic N) is 1. The van der Waals surface area contributed by atoms with E-state index >= 15 is 0 Å². The molecule has 1 fully saturated rings. The number of hydrogen-bond acceptors (Lipinski definition) is 3. The highest BCUT2D eigenvalue weighted by Crippen LogP contribution is 2.37. The first kappa shape index (κ1) is 21.8. The molecule has 30 heavy (non-hydrogen) atoms. The van der Waals surface area contributed by atoms with Crippen LogP contribution in [0.25, 0.3) is 0 Å². The minimum absolute atomic E-state index is 0.0263. The SMILES string of the molecule is O=C(Cc1cc(C(F)(F)F)cc(C(F)(F)F)c1)C1(O)CCN(c2ccccc2)C1=O. The first-order valence-electron chi connectivity index (χ1n) is 8.73. The summed E-state index contributed by atoms with van der Waals surface area (Å²) in [6, 6.07) is 8.84. The quantitative estimate of drug-likeness (QED) is 0.588. The first-order valence-corrected chi connectivity index (χ1v) is 8.73. The van der Waals surface area contributed by atoms with Gasteiger partial charge in [-0.1, -0.05) is 18.2 Å². The van der Waals surface area contributed by atoms with E-state index in [9.17, 15) is 41.0 Å². The topological polar surface area (TPSA) is 57.6 Å². The Bertz CT molecular complexity index is 938. The fraction of sp³-hybridized carbons (Fsp3) is 0.300. The molecule has 0 aliphatic carbocycles. The molecule has 1 aliphatic heterocycles. The Balaban J connectivity index is 1.89. The lowest BCUT2D eigenvalue weighted by molar-refractivity contribution is -0.148. The van der Waals surface area contributed by atoms with E-state index in [1.807, 2.05) is 0 Å². The van der Waals surface area contributed by atoms with Crippen molar-refractivity contribution in [1.29, 1.82) is 0 Å². The van der Waals surface area contributed by atoms with Crippen molar-refractivity contribution in [3.8, 4) is 0 Å². The van der Waals surface area contributed by atoms with Crippen LogP contribution in [0.3, 0.4) is 0 Å². The summed E-state index contributed by atoms with van der Waals surface area (Å²) in [6.45, 7) is -0.0263. The number of carbonyl (C=O) groups is 2. The zero-order valence-electron chi connectivity index (χ0n) is 15.2. The van der Waals surface area contributed by atoms with Gasteiger partial charge in [0.2, 0.25) is 5.60 Å². The van der Waals surface area contributed by atoms with Crippen LogP contribution in [0, 0.1) is 0 Å². The molecule has 1 atom stereocenters. The van der Waals surface area contributed by atoms with Crippen molar-refractivity contribution in [2.24, 2.45) is 0 Å². The monoisotopic (exact) mass is 431 g/mol. The van der Waals surface area contributed by atoms with Crippen molar-refractivity contribution in [3.05, 3.63) is 65.2 Å². The summed E-state index contributed by atoms with van der Waals surface area (Å²) < 4.78 is 77.9. The molecule has 1 unspecified atom stereocenters. The van der Waals surface area contributed by atoms with Crippen LogP contribution >= 0.6 is 0 Å². The number of benzene rings is 2. The number of Topliss-reactive ketones (excluding diaryl/α,β-unsaturated/α-hetero) is 1. The standard InChI is InChI=1S/C20H15F6NO3/c21-19(22,23)13-8-12(9-14(11-13)20(24,25)26)10-16(28)18(30)6-7-27(17(18)29)15-4-2-1-3-5-15/h1-5,8-9,11,30H,6-7,10H2. The van der Waals surface area contributed by atoms with E-state index in [4.69, 9.17) is 0 Å². The average molecular weight is 431 g/mol. The van der Waals surface area contributed by atoms with Crippen LogP contribution in [-0.2, 0) is 28.4 Å². The predicted octanol–water partition coefficient (Wildman–Crippen LogP) is 4.00. The average Bonchev–Trinajstić information content (AvgIpc) is 2.97. The number of anilines is 1. The molecule has 1 N–H and O–H groups in total. The fourth-order valence-corrected chi connectivity index (χ4v) is 3.27. The van der Waals surface area contributed by atoms with Crippen molar-refractivity contribution in [3.63, 3.8) is 0 Å². The van der Waals surface area contributed by atoms with Crippen LogP contribution in [0.2, 0.25) is 0 Å². The van der Waals surface area contributed by atoms with Gasteiger partial charge in [-0.3, -0.25) is 9.59 Å². The Hall–Kier alpha value is -2.88. The Morgan fingerprint density at radius 3 is 2.00 bits per heavy atom. The molecule has 3 rings (SSSR count). The predicted molar refractivity (Wildman–Crippen MR) is 93.5 cm³/mol. The van der Waals surface area contributed by atoms with Crippen LogP contribution in [0.4, 0.5) is 32.0 Å². The molecule has 0 bridgehead atoms. The summed E-state index contributed by atoms with van der Waals surface area (Å²) in [5, 5.41) is 10.6. The number of ketones is 1. The lowest BCUT2D eigenvalue weighted by Crippen LogP contribution is -2.47. The van der Waals surface area contributed by atoms with Gasteiger partial charge in [-0.25, -0.2) is 0 Å². The van der Waals surface area contributed by atoms with Crippen molar-refractivity contribution >= 4 is 17.4 Å².